The summed E-state index contributed by atoms with van der Waals surface area (Å²) >= 11 is 0. The second-order valence-corrected chi connectivity index (χ2v) is 4.79. The van der Waals surface area contributed by atoms with E-state index in [0.717, 1.165) is 16.7 Å². The van der Waals surface area contributed by atoms with Crippen LogP contribution in [-0.2, 0) is 13.1 Å². The van der Waals surface area contributed by atoms with E-state index in [0.29, 0.717) is 19.0 Å². The topological polar surface area (TPSA) is 64.9 Å². The van der Waals surface area contributed by atoms with Crippen LogP contribution in [0, 0.1) is 0 Å². The van der Waals surface area contributed by atoms with Crippen LogP contribution in [-0.4, -0.2) is 27.3 Å². The molecule has 3 aromatic rings. The lowest BCUT2D eigenvalue weighted by Gasteiger charge is -2.13. The molecule has 0 radical (unpaired) electrons. The van der Waals surface area contributed by atoms with Gasteiger partial charge in [-0.3, -0.25) is 0 Å². The van der Waals surface area contributed by atoms with Crippen LogP contribution >= 0.6 is 0 Å². The lowest BCUT2D eigenvalue weighted by molar-refractivity contribution is 0.411. The van der Waals surface area contributed by atoms with Gasteiger partial charge in [0, 0.05) is 12.1 Å². The first-order valence-corrected chi connectivity index (χ1v) is 6.99. The van der Waals surface area contributed by atoms with Crippen LogP contribution in [0.3, 0.4) is 0 Å². The molecule has 1 aromatic heterocycles. The van der Waals surface area contributed by atoms with Gasteiger partial charge in [-0.05, 0) is 27.3 Å². The van der Waals surface area contributed by atoms with Crippen LogP contribution in [0.1, 0.15) is 5.56 Å². The number of nitrogens with zero attached hydrogens (tertiary/aromatic N) is 4. The van der Waals surface area contributed by atoms with Crippen LogP contribution in [0.15, 0.2) is 49.1 Å². The third-order valence-corrected chi connectivity index (χ3v) is 3.47. The number of fused-ring (bicyclic) bond motifs is 1. The number of tetrazole rings is 1. The molecule has 0 saturated carbocycles. The molecular weight excluding hydrogens is 278 g/mol. The normalized spacial score (nSPS) is 10.6. The fraction of sp³-hybridized carbons (Fsp3) is 0.188. The molecule has 0 saturated heterocycles. The van der Waals surface area contributed by atoms with Crippen molar-refractivity contribution in [3.63, 3.8) is 0 Å². The number of hydrogen-bond acceptors (Lipinski definition) is 5. The molecule has 0 bridgehead atoms. The minimum absolute atomic E-state index is 0.558. The van der Waals surface area contributed by atoms with Gasteiger partial charge in [0.1, 0.15) is 5.75 Å². The third kappa shape index (κ3) is 2.63. The maximum atomic E-state index is 5.49. The van der Waals surface area contributed by atoms with Crippen molar-refractivity contribution in [1.82, 2.24) is 20.2 Å². The summed E-state index contributed by atoms with van der Waals surface area (Å²) in [5.74, 6) is 1.45. The molecule has 1 heterocycles. The standard InChI is InChI=1S/C16H17N5O/c1-3-10-21-16(18-19-20-21)17-11-14-13-7-5-4-6-12(13)8-9-15(14)22-2/h3-9H,1,10-11H2,2H3,(H,17,18,20). The zero-order valence-corrected chi connectivity index (χ0v) is 12.4. The fourth-order valence-corrected chi connectivity index (χ4v) is 2.43. The number of methoxy groups -OCH3 is 1. The number of allylic oxidation sites excluding steroid dienone is 1. The highest BCUT2D eigenvalue weighted by Crippen LogP contribution is 2.28. The average molecular weight is 295 g/mol. The molecule has 6 nitrogen and oxygen atoms in total. The Morgan fingerprint density at radius 3 is 2.95 bits per heavy atom. The van der Waals surface area contributed by atoms with Crippen LogP contribution in [0.5, 0.6) is 5.75 Å². The molecule has 112 valence electrons. The monoisotopic (exact) mass is 295 g/mol. The highest BCUT2D eigenvalue weighted by atomic mass is 16.5. The number of anilines is 1. The number of benzene rings is 2. The summed E-state index contributed by atoms with van der Waals surface area (Å²) in [5.41, 5.74) is 1.08. The first-order chi connectivity index (χ1) is 10.8. The van der Waals surface area contributed by atoms with Crippen LogP contribution in [0.2, 0.25) is 0 Å². The molecule has 0 unspecified atom stereocenters. The second-order valence-electron chi connectivity index (χ2n) is 4.79. The van der Waals surface area contributed by atoms with Gasteiger partial charge >= 0.3 is 0 Å². The van der Waals surface area contributed by atoms with Crippen molar-refractivity contribution in [1.29, 1.82) is 0 Å². The van der Waals surface area contributed by atoms with Crippen LogP contribution in [0.25, 0.3) is 10.8 Å². The van der Waals surface area contributed by atoms with Crippen molar-refractivity contribution in [2.24, 2.45) is 0 Å². The lowest BCUT2D eigenvalue weighted by Crippen LogP contribution is -2.09. The maximum absolute atomic E-state index is 5.49. The maximum Gasteiger partial charge on any atom is 0.243 e. The van der Waals surface area contributed by atoms with Gasteiger partial charge in [0.05, 0.1) is 13.7 Å². The molecule has 0 atom stereocenters. The van der Waals surface area contributed by atoms with E-state index in [1.807, 2.05) is 18.2 Å². The van der Waals surface area contributed by atoms with Gasteiger partial charge in [0.25, 0.3) is 0 Å². The molecular formula is C16H17N5O. The van der Waals surface area contributed by atoms with E-state index in [9.17, 15) is 0 Å². The van der Waals surface area contributed by atoms with Gasteiger partial charge in [-0.2, -0.15) is 0 Å². The minimum Gasteiger partial charge on any atom is -0.496 e. The molecule has 6 heteroatoms. The SMILES string of the molecule is C=CCn1nnnc1NCc1c(OC)ccc2ccccc12. The zero-order chi connectivity index (χ0) is 15.4. The van der Waals surface area contributed by atoms with Crippen molar-refractivity contribution in [2.45, 2.75) is 13.1 Å². The molecule has 3 rings (SSSR count). The molecule has 1 N–H and O–H groups in total. The first-order valence-electron chi connectivity index (χ1n) is 6.99. The Balaban J connectivity index is 1.92. The van der Waals surface area contributed by atoms with Gasteiger partial charge in [-0.1, -0.05) is 41.5 Å². The summed E-state index contributed by atoms with van der Waals surface area (Å²) in [6.45, 7) is 4.83. The first kappa shape index (κ1) is 14.1. The molecule has 22 heavy (non-hydrogen) atoms. The Morgan fingerprint density at radius 2 is 2.14 bits per heavy atom. The van der Waals surface area contributed by atoms with Gasteiger partial charge in [0.15, 0.2) is 0 Å². The molecule has 0 aliphatic heterocycles. The number of hydrogen-bond donors (Lipinski definition) is 1. The molecule has 0 fully saturated rings. The van der Waals surface area contributed by atoms with E-state index in [1.54, 1.807) is 17.9 Å². The summed E-state index contributed by atoms with van der Waals surface area (Å²) in [7, 11) is 1.68. The van der Waals surface area contributed by atoms with Gasteiger partial charge in [-0.25, -0.2) is 4.68 Å². The molecule has 0 aliphatic carbocycles. The number of rotatable bonds is 6. The minimum atomic E-state index is 0.558. The number of nitrogens with one attached hydrogen (secondary N) is 1. The molecule has 2 aromatic carbocycles. The smallest absolute Gasteiger partial charge is 0.243 e. The van der Waals surface area contributed by atoms with Crippen molar-refractivity contribution < 1.29 is 4.74 Å². The second kappa shape index (κ2) is 6.26. The largest absolute Gasteiger partial charge is 0.496 e. The van der Waals surface area contributed by atoms with Crippen molar-refractivity contribution in [2.75, 3.05) is 12.4 Å². The van der Waals surface area contributed by atoms with Gasteiger partial charge in [0.2, 0.25) is 5.95 Å². The summed E-state index contributed by atoms with van der Waals surface area (Å²) in [6.07, 6.45) is 1.75. The Kier molecular flexibility index (Phi) is 4.00. The molecule has 0 aliphatic rings. The predicted octanol–water partition coefficient (Wildman–Crippen LogP) is 2.63. The van der Waals surface area contributed by atoms with Crippen LogP contribution in [0.4, 0.5) is 5.95 Å². The predicted molar refractivity (Wildman–Crippen MR) is 85.8 cm³/mol. The summed E-state index contributed by atoms with van der Waals surface area (Å²) in [6, 6.07) is 12.2. The highest BCUT2D eigenvalue weighted by molar-refractivity contribution is 5.87. The highest BCUT2D eigenvalue weighted by Gasteiger charge is 2.10. The van der Waals surface area contributed by atoms with Crippen LogP contribution < -0.4 is 10.1 Å². The Bertz CT molecular complexity index is 796. The van der Waals surface area contributed by atoms with E-state index in [1.165, 1.54) is 5.39 Å². The Hall–Kier alpha value is -2.89. The molecule has 0 spiro atoms. The third-order valence-electron chi connectivity index (χ3n) is 3.47. The van der Waals surface area contributed by atoms with E-state index in [4.69, 9.17) is 4.74 Å². The number of ether oxygens (including phenoxy) is 1. The van der Waals surface area contributed by atoms with E-state index in [2.05, 4.69) is 45.6 Å². The van der Waals surface area contributed by atoms with Crippen molar-refractivity contribution >= 4 is 16.7 Å². The fourth-order valence-electron chi connectivity index (χ4n) is 2.43. The lowest BCUT2D eigenvalue weighted by atomic mass is 10.0. The van der Waals surface area contributed by atoms with Crippen molar-refractivity contribution in [3.05, 3.63) is 54.6 Å². The Labute approximate surface area is 128 Å². The van der Waals surface area contributed by atoms with Gasteiger partial charge in [-0.15, -0.1) is 6.58 Å². The summed E-state index contributed by atoms with van der Waals surface area (Å²) in [4.78, 5) is 0. The zero-order valence-electron chi connectivity index (χ0n) is 12.4. The van der Waals surface area contributed by atoms with Crippen molar-refractivity contribution in [3.8, 4) is 5.75 Å². The van der Waals surface area contributed by atoms with E-state index in [-0.39, 0.29) is 0 Å². The van der Waals surface area contributed by atoms with E-state index < -0.39 is 0 Å². The average Bonchev–Trinajstić information content (AvgIpc) is 3.00. The quantitative estimate of drug-likeness (QED) is 0.708. The Morgan fingerprint density at radius 1 is 1.27 bits per heavy atom. The van der Waals surface area contributed by atoms with Gasteiger partial charge < -0.3 is 10.1 Å². The van der Waals surface area contributed by atoms with E-state index >= 15 is 0 Å². The molecule has 0 amide bonds. The number of aromatic nitrogens is 4. The summed E-state index contributed by atoms with van der Waals surface area (Å²) < 4.78 is 7.14. The summed E-state index contributed by atoms with van der Waals surface area (Å²) in [5, 5.41) is 17.2.